The fraction of sp³-hybridized carbons (Fsp3) is 0.154. The van der Waals surface area contributed by atoms with Gasteiger partial charge in [-0.15, -0.1) is 0 Å². The Kier molecular flexibility index (Phi) is 3.85. The van der Waals surface area contributed by atoms with Crippen molar-refractivity contribution in [3.8, 4) is 17.8 Å². The van der Waals surface area contributed by atoms with Crippen LogP contribution >= 0.6 is 22.6 Å². The molecule has 0 aliphatic rings. The number of nitrogen functional groups attached to an aromatic ring is 1. The normalized spacial score (nSPS) is 10.0. The first-order valence-corrected chi connectivity index (χ1v) is 6.56. The molecule has 0 amide bonds. The standard InChI is InChI=1S/C13H11IN4O/c1-7-3-8(2)18-13(17-7)19-12-10(14)4-9(6-15)5-11(12)16/h3-5H,16H2,1-2H3. The zero-order chi connectivity index (χ0) is 14.0. The maximum Gasteiger partial charge on any atom is 0.322 e. The summed E-state index contributed by atoms with van der Waals surface area (Å²) in [7, 11) is 0. The van der Waals surface area contributed by atoms with E-state index in [1.54, 1.807) is 12.1 Å². The molecule has 0 fully saturated rings. The monoisotopic (exact) mass is 366 g/mol. The number of nitrogens with zero attached hydrogens (tertiary/aromatic N) is 3. The molecule has 6 heteroatoms. The topological polar surface area (TPSA) is 84.8 Å². The van der Waals surface area contributed by atoms with Gasteiger partial charge in [-0.1, -0.05) is 0 Å². The van der Waals surface area contributed by atoms with Crippen LogP contribution in [0.4, 0.5) is 5.69 Å². The summed E-state index contributed by atoms with van der Waals surface area (Å²) < 4.78 is 6.38. The molecule has 2 aromatic rings. The first-order chi connectivity index (χ1) is 8.99. The van der Waals surface area contributed by atoms with E-state index >= 15 is 0 Å². The van der Waals surface area contributed by atoms with Gasteiger partial charge in [0.05, 0.1) is 20.9 Å². The van der Waals surface area contributed by atoms with Crippen molar-refractivity contribution < 1.29 is 4.74 Å². The average Bonchev–Trinajstić information content (AvgIpc) is 2.32. The van der Waals surface area contributed by atoms with E-state index in [1.807, 2.05) is 26.0 Å². The molecule has 0 atom stereocenters. The second kappa shape index (κ2) is 5.40. The number of aryl methyl sites for hydroxylation is 2. The lowest BCUT2D eigenvalue weighted by atomic mass is 10.2. The van der Waals surface area contributed by atoms with Crippen molar-refractivity contribution in [3.63, 3.8) is 0 Å². The summed E-state index contributed by atoms with van der Waals surface area (Å²) in [5.41, 5.74) is 8.42. The SMILES string of the molecule is Cc1cc(C)nc(Oc2c(N)cc(C#N)cc2I)n1. The van der Waals surface area contributed by atoms with Crippen LogP contribution in [0.3, 0.4) is 0 Å². The summed E-state index contributed by atoms with van der Waals surface area (Å²) in [5, 5.41) is 8.87. The van der Waals surface area contributed by atoms with E-state index in [4.69, 9.17) is 15.7 Å². The van der Waals surface area contributed by atoms with E-state index in [0.717, 1.165) is 15.0 Å². The minimum atomic E-state index is 0.256. The summed E-state index contributed by atoms with van der Waals surface area (Å²) in [6, 6.07) is 7.44. The second-order valence-electron chi connectivity index (χ2n) is 4.02. The van der Waals surface area contributed by atoms with Gasteiger partial charge < -0.3 is 10.5 Å². The Morgan fingerprint density at radius 2 is 1.84 bits per heavy atom. The minimum Gasteiger partial charge on any atom is -0.421 e. The Bertz CT molecular complexity index is 636. The molecule has 0 aliphatic carbocycles. The van der Waals surface area contributed by atoms with Crippen molar-refractivity contribution in [1.82, 2.24) is 9.97 Å². The van der Waals surface area contributed by atoms with Crippen LogP contribution in [-0.4, -0.2) is 9.97 Å². The number of nitrogens with two attached hydrogens (primary N) is 1. The molecule has 2 rings (SSSR count). The zero-order valence-corrected chi connectivity index (χ0v) is 12.6. The number of anilines is 1. The first-order valence-electron chi connectivity index (χ1n) is 5.49. The molecule has 0 saturated heterocycles. The third kappa shape index (κ3) is 3.12. The van der Waals surface area contributed by atoms with Gasteiger partial charge in [0, 0.05) is 11.4 Å². The Morgan fingerprint density at radius 1 is 1.21 bits per heavy atom. The van der Waals surface area contributed by atoms with Crippen molar-refractivity contribution >= 4 is 28.3 Å². The number of benzene rings is 1. The van der Waals surface area contributed by atoms with Crippen molar-refractivity contribution in [2.45, 2.75) is 13.8 Å². The number of rotatable bonds is 2. The summed E-state index contributed by atoms with van der Waals surface area (Å²) >= 11 is 2.07. The van der Waals surface area contributed by atoms with E-state index in [0.29, 0.717) is 17.0 Å². The smallest absolute Gasteiger partial charge is 0.322 e. The molecule has 5 nitrogen and oxygen atoms in total. The van der Waals surface area contributed by atoms with E-state index in [9.17, 15) is 0 Å². The van der Waals surface area contributed by atoms with Gasteiger partial charge in [-0.2, -0.15) is 5.26 Å². The van der Waals surface area contributed by atoms with Crippen LogP contribution in [0.1, 0.15) is 17.0 Å². The summed E-state index contributed by atoms with van der Waals surface area (Å²) in [6.07, 6.45) is 0. The molecule has 2 N–H and O–H groups in total. The van der Waals surface area contributed by atoms with Crippen molar-refractivity contribution in [1.29, 1.82) is 5.26 Å². The van der Waals surface area contributed by atoms with Gasteiger partial charge >= 0.3 is 6.01 Å². The molecule has 0 unspecified atom stereocenters. The van der Waals surface area contributed by atoms with E-state index < -0.39 is 0 Å². The summed E-state index contributed by atoms with van der Waals surface area (Å²) in [4.78, 5) is 8.39. The van der Waals surface area contributed by atoms with Gasteiger partial charge in [-0.3, -0.25) is 0 Å². The van der Waals surface area contributed by atoms with Gasteiger partial charge in [0.25, 0.3) is 0 Å². The van der Waals surface area contributed by atoms with Crippen molar-refractivity contribution in [2.24, 2.45) is 0 Å². The number of ether oxygens (including phenoxy) is 1. The molecule has 1 aromatic carbocycles. The molecule has 96 valence electrons. The molecule has 1 aromatic heterocycles. The number of nitriles is 1. The van der Waals surface area contributed by atoms with Crippen molar-refractivity contribution in [3.05, 3.63) is 38.7 Å². The van der Waals surface area contributed by atoms with Crippen LogP contribution in [0.15, 0.2) is 18.2 Å². The summed E-state index contributed by atoms with van der Waals surface area (Å²) in [5.74, 6) is 0.476. The van der Waals surface area contributed by atoms with Crippen LogP contribution in [0.25, 0.3) is 0 Å². The molecular formula is C13H11IN4O. The minimum absolute atomic E-state index is 0.256. The van der Waals surface area contributed by atoms with Gasteiger partial charge in [0.1, 0.15) is 0 Å². The highest BCUT2D eigenvalue weighted by Crippen LogP contribution is 2.32. The fourth-order valence-electron chi connectivity index (χ4n) is 1.62. The molecule has 0 spiro atoms. The average molecular weight is 366 g/mol. The molecule has 1 heterocycles. The van der Waals surface area contributed by atoms with Crippen LogP contribution in [-0.2, 0) is 0 Å². The maximum absolute atomic E-state index is 8.87. The Labute approximate surface area is 124 Å². The third-order valence-corrected chi connectivity index (χ3v) is 3.16. The van der Waals surface area contributed by atoms with Gasteiger partial charge in [0.2, 0.25) is 0 Å². The Hall–Kier alpha value is -1.88. The number of halogens is 1. The van der Waals surface area contributed by atoms with E-state index in [1.165, 1.54) is 0 Å². The molecule has 0 radical (unpaired) electrons. The largest absolute Gasteiger partial charge is 0.421 e. The highest BCUT2D eigenvalue weighted by Gasteiger charge is 2.11. The van der Waals surface area contributed by atoms with E-state index in [2.05, 4.69) is 32.6 Å². The lowest BCUT2D eigenvalue weighted by molar-refractivity contribution is 0.438. The number of hydrogen-bond donors (Lipinski definition) is 1. The highest BCUT2D eigenvalue weighted by molar-refractivity contribution is 14.1. The molecule has 0 bridgehead atoms. The molecule has 0 saturated carbocycles. The first kappa shape index (κ1) is 13.5. The third-order valence-electron chi connectivity index (χ3n) is 2.36. The van der Waals surface area contributed by atoms with E-state index in [-0.39, 0.29) is 6.01 Å². The van der Waals surface area contributed by atoms with Crippen LogP contribution in [0, 0.1) is 28.7 Å². The van der Waals surface area contributed by atoms with Crippen LogP contribution in [0.5, 0.6) is 11.8 Å². The maximum atomic E-state index is 8.87. The Balaban J connectivity index is 2.41. The lowest BCUT2D eigenvalue weighted by Crippen LogP contribution is -2.00. The fourth-order valence-corrected chi connectivity index (χ4v) is 2.37. The van der Waals surface area contributed by atoms with Crippen LogP contribution in [0.2, 0.25) is 0 Å². The Morgan fingerprint density at radius 3 is 2.37 bits per heavy atom. The van der Waals surface area contributed by atoms with Gasteiger partial charge in [0.15, 0.2) is 5.75 Å². The van der Waals surface area contributed by atoms with Gasteiger partial charge in [-0.05, 0) is 54.6 Å². The number of aromatic nitrogens is 2. The quantitative estimate of drug-likeness (QED) is 0.653. The van der Waals surface area contributed by atoms with Crippen molar-refractivity contribution in [2.75, 3.05) is 5.73 Å². The predicted octanol–water partition coefficient (Wildman–Crippen LogP) is 2.94. The predicted molar refractivity (Wildman–Crippen MR) is 79.9 cm³/mol. The number of hydrogen-bond acceptors (Lipinski definition) is 5. The molecule has 19 heavy (non-hydrogen) atoms. The zero-order valence-electron chi connectivity index (χ0n) is 10.4. The summed E-state index contributed by atoms with van der Waals surface area (Å²) in [6.45, 7) is 3.74. The van der Waals surface area contributed by atoms with Crippen LogP contribution < -0.4 is 10.5 Å². The van der Waals surface area contributed by atoms with Gasteiger partial charge in [-0.25, -0.2) is 9.97 Å². The molecular weight excluding hydrogens is 355 g/mol. The molecule has 0 aliphatic heterocycles. The second-order valence-corrected chi connectivity index (χ2v) is 5.19. The lowest BCUT2D eigenvalue weighted by Gasteiger charge is -2.10. The highest BCUT2D eigenvalue weighted by atomic mass is 127.